The molecule has 0 fully saturated rings. The first-order chi connectivity index (χ1) is 13.8. The van der Waals surface area contributed by atoms with E-state index in [-0.39, 0.29) is 17.9 Å². The van der Waals surface area contributed by atoms with E-state index in [1.807, 2.05) is 69.3 Å². The van der Waals surface area contributed by atoms with Crippen LogP contribution in [0.3, 0.4) is 0 Å². The molecule has 0 aliphatic carbocycles. The zero-order valence-electron chi connectivity index (χ0n) is 17.4. The molecule has 6 heteroatoms. The molecular formula is C23H29BrN2O2S. The molecule has 1 N–H and O–H groups in total. The van der Waals surface area contributed by atoms with Crippen LogP contribution in [0.4, 0.5) is 0 Å². The Hall–Kier alpha value is -1.79. The zero-order chi connectivity index (χ0) is 21.4. The fourth-order valence-electron chi connectivity index (χ4n) is 2.80. The summed E-state index contributed by atoms with van der Waals surface area (Å²) in [4.78, 5) is 27.2. The number of hydrogen-bond donors (Lipinski definition) is 1. The highest BCUT2D eigenvalue weighted by Crippen LogP contribution is 2.18. The standard InChI is InChI=1S/C23H29BrN2O2S/c1-16(2)25-23(28)18(4)26(13-19-7-5-17(3)6-8-19)22(27)15-29-14-20-9-11-21(24)12-10-20/h5-12,16,18H,13-15H2,1-4H3,(H,25,28). The summed E-state index contributed by atoms with van der Waals surface area (Å²) in [7, 11) is 0. The highest BCUT2D eigenvalue weighted by molar-refractivity contribution is 9.10. The van der Waals surface area contributed by atoms with Crippen LogP contribution in [0.25, 0.3) is 0 Å². The van der Waals surface area contributed by atoms with Crippen molar-refractivity contribution < 1.29 is 9.59 Å². The van der Waals surface area contributed by atoms with Gasteiger partial charge in [-0.05, 0) is 51.0 Å². The Bertz CT molecular complexity index is 807. The number of amides is 2. The maximum atomic E-state index is 13.0. The summed E-state index contributed by atoms with van der Waals surface area (Å²) in [6.45, 7) is 8.09. The van der Waals surface area contributed by atoms with Gasteiger partial charge in [0.05, 0.1) is 5.75 Å². The Morgan fingerprint density at radius 1 is 1.00 bits per heavy atom. The van der Waals surface area contributed by atoms with Crippen molar-refractivity contribution in [3.8, 4) is 0 Å². The third-order valence-electron chi connectivity index (χ3n) is 4.48. The Labute approximate surface area is 186 Å². The van der Waals surface area contributed by atoms with Crippen LogP contribution in [0.1, 0.15) is 37.5 Å². The Morgan fingerprint density at radius 2 is 1.59 bits per heavy atom. The van der Waals surface area contributed by atoms with Crippen LogP contribution in [0, 0.1) is 6.92 Å². The molecule has 2 rings (SSSR count). The molecule has 0 aliphatic heterocycles. The molecule has 156 valence electrons. The van der Waals surface area contributed by atoms with Crippen molar-refractivity contribution >= 4 is 39.5 Å². The molecule has 1 atom stereocenters. The van der Waals surface area contributed by atoms with Gasteiger partial charge in [0.2, 0.25) is 11.8 Å². The van der Waals surface area contributed by atoms with Gasteiger partial charge in [-0.25, -0.2) is 0 Å². The average molecular weight is 477 g/mol. The second-order valence-corrected chi connectivity index (χ2v) is 9.37. The number of nitrogens with one attached hydrogen (secondary N) is 1. The molecule has 0 radical (unpaired) electrons. The lowest BCUT2D eigenvalue weighted by Crippen LogP contribution is -2.49. The molecule has 0 aliphatic rings. The summed E-state index contributed by atoms with van der Waals surface area (Å²) in [5, 5.41) is 2.92. The van der Waals surface area contributed by atoms with Gasteiger partial charge >= 0.3 is 0 Å². The Balaban J connectivity index is 2.05. The normalized spacial score (nSPS) is 11.9. The van der Waals surface area contributed by atoms with Crippen LogP contribution in [-0.4, -0.2) is 34.6 Å². The molecule has 2 amide bonds. The number of thioether (sulfide) groups is 1. The molecule has 2 aromatic carbocycles. The first-order valence-electron chi connectivity index (χ1n) is 9.74. The zero-order valence-corrected chi connectivity index (χ0v) is 19.8. The Kier molecular flexibility index (Phi) is 9.24. The summed E-state index contributed by atoms with van der Waals surface area (Å²) >= 11 is 5.00. The lowest BCUT2D eigenvalue weighted by molar-refractivity contribution is -0.138. The van der Waals surface area contributed by atoms with Crippen LogP contribution >= 0.6 is 27.7 Å². The van der Waals surface area contributed by atoms with Crippen LogP contribution in [0.5, 0.6) is 0 Å². The fourth-order valence-corrected chi connectivity index (χ4v) is 3.93. The van der Waals surface area contributed by atoms with E-state index in [2.05, 4.69) is 21.2 Å². The first kappa shape index (κ1) is 23.5. The van der Waals surface area contributed by atoms with E-state index in [0.29, 0.717) is 12.3 Å². The van der Waals surface area contributed by atoms with Crippen molar-refractivity contribution in [3.05, 3.63) is 69.7 Å². The molecule has 4 nitrogen and oxygen atoms in total. The van der Waals surface area contributed by atoms with Gasteiger partial charge in [0.15, 0.2) is 0 Å². The largest absolute Gasteiger partial charge is 0.352 e. The molecule has 29 heavy (non-hydrogen) atoms. The lowest BCUT2D eigenvalue weighted by Gasteiger charge is -2.29. The van der Waals surface area contributed by atoms with Gasteiger partial charge in [0, 0.05) is 22.8 Å². The summed E-state index contributed by atoms with van der Waals surface area (Å²) in [6, 6.07) is 15.7. The van der Waals surface area contributed by atoms with Crippen LogP contribution in [0.2, 0.25) is 0 Å². The number of nitrogens with zero attached hydrogens (tertiary/aromatic N) is 1. The third-order valence-corrected chi connectivity index (χ3v) is 6.00. The maximum absolute atomic E-state index is 13.0. The number of carbonyl (C=O) groups is 2. The van der Waals surface area contributed by atoms with Crippen LogP contribution in [0.15, 0.2) is 53.0 Å². The van der Waals surface area contributed by atoms with Crippen molar-refractivity contribution in [1.29, 1.82) is 0 Å². The van der Waals surface area contributed by atoms with Crippen molar-refractivity contribution in [1.82, 2.24) is 10.2 Å². The van der Waals surface area contributed by atoms with E-state index in [1.165, 1.54) is 11.1 Å². The van der Waals surface area contributed by atoms with Crippen molar-refractivity contribution in [3.63, 3.8) is 0 Å². The SMILES string of the molecule is Cc1ccc(CN(C(=O)CSCc2ccc(Br)cc2)C(C)C(=O)NC(C)C)cc1. The third kappa shape index (κ3) is 7.86. The molecule has 0 aromatic heterocycles. The number of hydrogen-bond acceptors (Lipinski definition) is 3. The van der Waals surface area contributed by atoms with Gasteiger partial charge < -0.3 is 10.2 Å². The highest BCUT2D eigenvalue weighted by atomic mass is 79.9. The van der Waals surface area contributed by atoms with E-state index in [0.717, 1.165) is 15.8 Å². The number of rotatable bonds is 9. The lowest BCUT2D eigenvalue weighted by atomic mass is 10.1. The van der Waals surface area contributed by atoms with Gasteiger partial charge in [-0.15, -0.1) is 11.8 Å². The van der Waals surface area contributed by atoms with E-state index in [4.69, 9.17) is 0 Å². The fraction of sp³-hybridized carbons (Fsp3) is 0.391. The van der Waals surface area contributed by atoms with Crippen molar-refractivity contribution in [2.24, 2.45) is 0 Å². The molecular weight excluding hydrogens is 448 g/mol. The van der Waals surface area contributed by atoms with Gasteiger partial charge in [-0.1, -0.05) is 57.9 Å². The monoisotopic (exact) mass is 476 g/mol. The number of aryl methyl sites for hydroxylation is 1. The predicted molar refractivity (Wildman–Crippen MR) is 125 cm³/mol. The summed E-state index contributed by atoms with van der Waals surface area (Å²) in [6.07, 6.45) is 0. The van der Waals surface area contributed by atoms with Crippen molar-refractivity contribution in [2.45, 2.75) is 52.1 Å². The molecule has 1 unspecified atom stereocenters. The van der Waals surface area contributed by atoms with Gasteiger partial charge in [-0.2, -0.15) is 0 Å². The predicted octanol–water partition coefficient (Wildman–Crippen LogP) is 4.93. The molecule has 2 aromatic rings. The Morgan fingerprint density at radius 3 is 2.17 bits per heavy atom. The molecule has 0 saturated heterocycles. The average Bonchev–Trinajstić information content (AvgIpc) is 2.68. The quantitative estimate of drug-likeness (QED) is 0.557. The second-order valence-electron chi connectivity index (χ2n) is 7.47. The van der Waals surface area contributed by atoms with Crippen LogP contribution in [-0.2, 0) is 21.9 Å². The van der Waals surface area contributed by atoms with E-state index in [1.54, 1.807) is 23.6 Å². The number of halogens is 1. The van der Waals surface area contributed by atoms with E-state index >= 15 is 0 Å². The van der Waals surface area contributed by atoms with Gasteiger partial charge in [0.1, 0.15) is 6.04 Å². The second kappa shape index (κ2) is 11.4. The minimum Gasteiger partial charge on any atom is -0.352 e. The van der Waals surface area contributed by atoms with Crippen LogP contribution < -0.4 is 5.32 Å². The minimum absolute atomic E-state index is 0.0286. The van der Waals surface area contributed by atoms with Gasteiger partial charge in [0.25, 0.3) is 0 Å². The highest BCUT2D eigenvalue weighted by Gasteiger charge is 2.26. The van der Waals surface area contributed by atoms with E-state index in [9.17, 15) is 9.59 Å². The molecule has 0 saturated carbocycles. The summed E-state index contributed by atoms with van der Waals surface area (Å²) < 4.78 is 1.04. The molecule has 0 bridgehead atoms. The minimum atomic E-state index is -0.528. The number of benzene rings is 2. The smallest absolute Gasteiger partial charge is 0.242 e. The van der Waals surface area contributed by atoms with Gasteiger partial charge in [-0.3, -0.25) is 9.59 Å². The molecule has 0 spiro atoms. The summed E-state index contributed by atoms with van der Waals surface area (Å²) in [5.74, 6) is 0.933. The number of carbonyl (C=O) groups excluding carboxylic acids is 2. The van der Waals surface area contributed by atoms with Crippen molar-refractivity contribution in [2.75, 3.05) is 5.75 Å². The first-order valence-corrected chi connectivity index (χ1v) is 11.7. The van der Waals surface area contributed by atoms with E-state index < -0.39 is 6.04 Å². The maximum Gasteiger partial charge on any atom is 0.242 e. The summed E-state index contributed by atoms with van der Waals surface area (Å²) in [5.41, 5.74) is 3.36. The molecule has 0 heterocycles. The topological polar surface area (TPSA) is 49.4 Å².